The summed E-state index contributed by atoms with van der Waals surface area (Å²) >= 11 is 0. The molecule has 1 aromatic rings. The molecule has 3 heterocycles. The van der Waals surface area contributed by atoms with Crippen molar-refractivity contribution in [2.24, 2.45) is 10.2 Å². The number of hydrogen-bond acceptors (Lipinski definition) is 5. The van der Waals surface area contributed by atoms with Crippen LogP contribution >= 0.6 is 0 Å². The summed E-state index contributed by atoms with van der Waals surface area (Å²) < 4.78 is 14.3. The Bertz CT molecular complexity index is 845. The topological polar surface area (TPSA) is 95.0 Å². The predicted molar refractivity (Wildman–Crippen MR) is 101 cm³/mol. The van der Waals surface area contributed by atoms with Gasteiger partial charge in [0.2, 0.25) is 0 Å². The summed E-state index contributed by atoms with van der Waals surface area (Å²) in [5.41, 5.74) is 2.34. The molecule has 0 aromatic heterocycles. The Morgan fingerprint density at radius 1 is 1.25 bits per heavy atom. The van der Waals surface area contributed by atoms with Crippen molar-refractivity contribution in [3.05, 3.63) is 46.4 Å². The molecule has 1 unspecified atom stereocenters. The Hall–Kier alpha value is -2.61. The van der Waals surface area contributed by atoms with Gasteiger partial charge in [0.1, 0.15) is 11.9 Å². The molecule has 0 bridgehead atoms. The predicted octanol–water partition coefficient (Wildman–Crippen LogP) is 1.85. The number of nitrogens with one attached hydrogen (secondary N) is 3. The molecule has 1 fully saturated rings. The molecule has 28 heavy (non-hydrogen) atoms. The zero-order chi connectivity index (χ0) is 19.5. The van der Waals surface area contributed by atoms with Gasteiger partial charge in [0, 0.05) is 30.3 Å². The third kappa shape index (κ3) is 3.96. The Balaban J connectivity index is 1.50. The van der Waals surface area contributed by atoms with Crippen LogP contribution in [0.4, 0.5) is 4.39 Å². The fourth-order valence-corrected chi connectivity index (χ4v) is 3.98. The van der Waals surface area contributed by atoms with Crippen molar-refractivity contribution < 1.29 is 14.0 Å². The molecule has 1 aromatic carbocycles. The number of halogens is 1. The van der Waals surface area contributed by atoms with Crippen molar-refractivity contribution >= 4 is 11.8 Å². The van der Waals surface area contributed by atoms with Gasteiger partial charge in [0.15, 0.2) is 0 Å². The Kier molecular flexibility index (Phi) is 5.47. The lowest BCUT2D eigenvalue weighted by atomic mass is 9.93. The molecule has 148 valence electrons. The summed E-state index contributed by atoms with van der Waals surface area (Å²) in [6, 6.07) is 4.32. The second kappa shape index (κ2) is 8.18. The zero-order valence-electron chi connectivity index (χ0n) is 15.6. The molecule has 1 saturated heterocycles. The van der Waals surface area contributed by atoms with Crippen LogP contribution in [0, 0.1) is 5.82 Å². The van der Waals surface area contributed by atoms with E-state index < -0.39 is 5.82 Å². The van der Waals surface area contributed by atoms with Gasteiger partial charge in [-0.1, -0.05) is 6.07 Å². The van der Waals surface area contributed by atoms with E-state index in [1.807, 2.05) is 0 Å². The van der Waals surface area contributed by atoms with Gasteiger partial charge in [-0.15, -0.1) is 5.11 Å². The van der Waals surface area contributed by atoms with E-state index in [4.69, 9.17) is 0 Å². The Morgan fingerprint density at radius 3 is 2.89 bits per heavy atom. The first kappa shape index (κ1) is 18.7. The van der Waals surface area contributed by atoms with E-state index in [1.54, 1.807) is 12.1 Å². The van der Waals surface area contributed by atoms with Crippen molar-refractivity contribution in [1.82, 2.24) is 16.0 Å². The molecular formula is C20H24FN5O2. The fourth-order valence-electron chi connectivity index (χ4n) is 3.98. The molecule has 2 amide bonds. The molecule has 4 rings (SSSR count). The minimum atomic E-state index is -0.536. The van der Waals surface area contributed by atoms with Gasteiger partial charge in [-0.25, -0.2) is 4.39 Å². The maximum Gasteiger partial charge on any atom is 0.292 e. The van der Waals surface area contributed by atoms with Gasteiger partial charge in [0.05, 0.1) is 5.56 Å². The third-order valence-electron chi connectivity index (χ3n) is 5.50. The SMILES string of the molecule is O=C1N=NC(Cc2ccc(F)c(C(=O)NC3CCNCC3)c2)C2=C1CCCN2. The maximum absolute atomic E-state index is 14.3. The zero-order valence-corrected chi connectivity index (χ0v) is 15.6. The summed E-state index contributed by atoms with van der Waals surface area (Å²) in [5.74, 6) is -1.20. The highest BCUT2D eigenvalue weighted by Crippen LogP contribution is 2.27. The van der Waals surface area contributed by atoms with E-state index >= 15 is 0 Å². The molecule has 0 radical (unpaired) electrons. The molecule has 3 N–H and O–H groups in total. The molecule has 0 aliphatic carbocycles. The number of carbonyl (C=O) groups excluding carboxylic acids is 2. The van der Waals surface area contributed by atoms with Crippen LogP contribution in [0.25, 0.3) is 0 Å². The maximum atomic E-state index is 14.3. The quantitative estimate of drug-likeness (QED) is 0.737. The van der Waals surface area contributed by atoms with Gasteiger partial charge in [-0.3, -0.25) is 9.59 Å². The summed E-state index contributed by atoms with van der Waals surface area (Å²) in [7, 11) is 0. The van der Waals surface area contributed by atoms with Crippen molar-refractivity contribution in [3.8, 4) is 0 Å². The highest BCUT2D eigenvalue weighted by molar-refractivity contribution is 5.96. The lowest BCUT2D eigenvalue weighted by Crippen LogP contribution is -2.43. The molecular weight excluding hydrogens is 361 g/mol. The van der Waals surface area contributed by atoms with E-state index in [1.165, 1.54) is 6.07 Å². The van der Waals surface area contributed by atoms with Gasteiger partial charge in [0.25, 0.3) is 11.8 Å². The molecule has 0 spiro atoms. The first-order chi connectivity index (χ1) is 13.6. The fraction of sp³-hybridized carbons (Fsp3) is 0.500. The van der Waals surface area contributed by atoms with E-state index in [0.29, 0.717) is 18.4 Å². The van der Waals surface area contributed by atoms with Crippen molar-refractivity contribution in [3.63, 3.8) is 0 Å². The van der Waals surface area contributed by atoms with E-state index in [-0.39, 0.29) is 29.5 Å². The van der Waals surface area contributed by atoms with Gasteiger partial charge in [-0.2, -0.15) is 5.11 Å². The number of amides is 2. The van der Waals surface area contributed by atoms with Gasteiger partial charge in [-0.05, 0) is 56.5 Å². The van der Waals surface area contributed by atoms with Crippen LogP contribution in [0.3, 0.4) is 0 Å². The summed E-state index contributed by atoms with van der Waals surface area (Å²) in [5, 5.41) is 17.3. The average molecular weight is 385 g/mol. The number of piperidine rings is 1. The molecule has 8 heteroatoms. The van der Waals surface area contributed by atoms with E-state index in [9.17, 15) is 14.0 Å². The lowest BCUT2D eigenvalue weighted by Gasteiger charge is -2.27. The normalized spacial score (nSPS) is 22.6. The number of rotatable bonds is 4. The lowest BCUT2D eigenvalue weighted by molar-refractivity contribution is -0.115. The van der Waals surface area contributed by atoms with Crippen LogP contribution < -0.4 is 16.0 Å². The Morgan fingerprint density at radius 2 is 2.07 bits per heavy atom. The summed E-state index contributed by atoms with van der Waals surface area (Å²) in [6.45, 7) is 2.50. The third-order valence-corrected chi connectivity index (χ3v) is 5.50. The van der Waals surface area contributed by atoms with Crippen LogP contribution in [0.1, 0.15) is 41.6 Å². The van der Waals surface area contributed by atoms with Crippen LogP contribution in [0.5, 0.6) is 0 Å². The van der Waals surface area contributed by atoms with Crippen molar-refractivity contribution in [2.45, 2.75) is 44.2 Å². The highest BCUT2D eigenvalue weighted by atomic mass is 19.1. The number of carbonyl (C=O) groups is 2. The first-order valence-electron chi connectivity index (χ1n) is 9.84. The minimum Gasteiger partial charge on any atom is -0.386 e. The van der Waals surface area contributed by atoms with Crippen LogP contribution in [-0.4, -0.2) is 43.5 Å². The van der Waals surface area contributed by atoms with E-state index in [0.717, 1.165) is 50.2 Å². The molecule has 1 atom stereocenters. The van der Waals surface area contributed by atoms with Crippen LogP contribution in [-0.2, 0) is 11.2 Å². The average Bonchev–Trinajstić information content (AvgIpc) is 2.72. The summed E-state index contributed by atoms with van der Waals surface area (Å²) in [4.78, 5) is 24.5. The molecule has 0 saturated carbocycles. The van der Waals surface area contributed by atoms with Crippen LogP contribution in [0.15, 0.2) is 39.7 Å². The number of azo groups is 1. The summed E-state index contributed by atoms with van der Waals surface area (Å²) in [6.07, 6.45) is 3.73. The van der Waals surface area contributed by atoms with Gasteiger partial charge >= 0.3 is 0 Å². The number of benzene rings is 1. The molecule has 3 aliphatic heterocycles. The Labute approximate surface area is 162 Å². The standard InChI is InChI=1S/C20H24FN5O2/c21-16-4-3-12(10-15(16)19(27)24-13-5-8-22-9-6-13)11-17-18-14(2-1-7-23-18)20(28)26-25-17/h3-4,10,13,17,22-23H,1-2,5-9,11H2,(H,24,27). The second-order valence-corrected chi connectivity index (χ2v) is 7.48. The van der Waals surface area contributed by atoms with Crippen molar-refractivity contribution in [1.29, 1.82) is 0 Å². The van der Waals surface area contributed by atoms with E-state index in [2.05, 4.69) is 26.2 Å². The second-order valence-electron chi connectivity index (χ2n) is 7.48. The number of hydrogen-bond donors (Lipinski definition) is 3. The minimum absolute atomic E-state index is 0.0469. The number of nitrogens with zero attached hydrogens (tertiary/aromatic N) is 2. The molecule has 3 aliphatic rings. The molecule has 7 nitrogen and oxygen atoms in total. The highest BCUT2D eigenvalue weighted by Gasteiger charge is 2.29. The monoisotopic (exact) mass is 385 g/mol. The largest absolute Gasteiger partial charge is 0.386 e. The van der Waals surface area contributed by atoms with Gasteiger partial charge < -0.3 is 16.0 Å². The first-order valence-corrected chi connectivity index (χ1v) is 9.84. The smallest absolute Gasteiger partial charge is 0.292 e. The van der Waals surface area contributed by atoms with Crippen LogP contribution in [0.2, 0.25) is 0 Å². The van der Waals surface area contributed by atoms with Crippen molar-refractivity contribution in [2.75, 3.05) is 19.6 Å².